The first kappa shape index (κ1) is 19.5. The lowest BCUT2D eigenvalue weighted by atomic mass is 10.2. The molecule has 1 N–H and O–H groups in total. The van der Waals surface area contributed by atoms with E-state index in [1.165, 1.54) is 19.3 Å². The topological polar surface area (TPSA) is 59.9 Å². The van der Waals surface area contributed by atoms with Crippen molar-refractivity contribution < 1.29 is 14.3 Å². The Hall–Kier alpha value is -2.82. The van der Waals surface area contributed by atoms with Crippen molar-refractivity contribution >= 4 is 12.1 Å². The molecule has 138 valence electrons. The maximum absolute atomic E-state index is 12.1. The molecule has 0 aliphatic heterocycles. The molecule has 2 rings (SSSR count). The Morgan fingerprint density at radius 1 is 1.08 bits per heavy atom. The van der Waals surface area contributed by atoms with E-state index in [1.54, 1.807) is 37.6 Å². The van der Waals surface area contributed by atoms with E-state index in [1.807, 2.05) is 24.3 Å². The molecule has 0 aliphatic rings. The molecule has 2 aromatic rings. The van der Waals surface area contributed by atoms with Gasteiger partial charge in [-0.2, -0.15) is 5.10 Å². The molecule has 5 heteroatoms. The minimum Gasteiger partial charge on any atom is -0.497 e. The molecule has 26 heavy (non-hydrogen) atoms. The average molecular weight is 354 g/mol. The Kier molecular flexibility index (Phi) is 8.19. The van der Waals surface area contributed by atoms with Crippen molar-refractivity contribution in [3.63, 3.8) is 0 Å². The van der Waals surface area contributed by atoms with Crippen molar-refractivity contribution in [1.29, 1.82) is 0 Å². The van der Waals surface area contributed by atoms with E-state index in [-0.39, 0.29) is 5.91 Å². The van der Waals surface area contributed by atoms with Gasteiger partial charge in [0.1, 0.15) is 11.5 Å². The van der Waals surface area contributed by atoms with Crippen LogP contribution in [-0.2, 0) is 0 Å². The van der Waals surface area contributed by atoms with Crippen LogP contribution < -0.4 is 14.9 Å². The summed E-state index contributed by atoms with van der Waals surface area (Å²) in [6, 6.07) is 14.5. The van der Waals surface area contributed by atoms with Crippen LogP contribution in [0.4, 0.5) is 0 Å². The lowest BCUT2D eigenvalue weighted by Gasteiger charge is -2.08. The second kappa shape index (κ2) is 10.9. The van der Waals surface area contributed by atoms with Gasteiger partial charge in [0.25, 0.3) is 5.91 Å². The molecule has 0 aliphatic carbocycles. The zero-order valence-electron chi connectivity index (χ0n) is 15.4. The number of nitrogens with zero attached hydrogens (tertiary/aromatic N) is 1. The highest BCUT2D eigenvalue weighted by molar-refractivity contribution is 5.95. The molecule has 0 saturated heterocycles. The second-order valence-corrected chi connectivity index (χ2v) is 5.87. The van der Waals surface area contributed by atoms with Crippen LogP contribution in [0.15, 0.2) is 53.6 Å². The third-order valence-corrected chi connectivity index (χ3v) is 3.90. The number of carbonyl (C=O) groups is 1. The number of hydrazone groups is 1. The highest BCUT2D eigenvalue weighted by Gasteiger charge is 2.05. The van der Waals surface area contributed by atoms with Crippen molar-refractivity contribution in [2.24, 2.45) is 5.10 Å². The van der Waals surface area contributed by atoms with Crippen LogP contribution in [-0.4, -0.2) is 25.8 Å². The van der Waals surface area contributed by atoms with Gasteiger partial charge in [-0.1, -0.05) is 38.3 Å². The fraction of sp³-hybridized carbons (Fsp3) is 0.333. The Morgan fingerprint density at radius 3 is 2.58 bits per heavy atom. The van der Waals surface area contributed by atoms with E-state index in [0.717, 1.165) is 17.7 Å². The number of hydrogen-bond donors (Lipinski definition) is 1. The number of amides is 1. The Morgan fingerprint density at radius 2 is 1.85 bits per heavy atom. The Balaban J connectivity index is 1.89. The van der Waals surface area contributed by atoms with Crippen molar-refractivity contribution in [3.05, 3.63) is 59.7 Å². The molecular weight excluding hydrogens is 328 g/mol. The molecule has 0 radical (unpaired) electrons. The Labute approximate surface area is 155 Å². The van der Waals surface area contributed by atoms with Gasteiger partial charge in [0, 0.05) is 11.1 Å². The van der Waals surface area contributed by atoms with Crippen LogP contribution >= 0.6 is 0 Å². The summed E-state index contributed by atoms with van der Waals surface area (Å²) in [5.41, 5.74) is 3.88. The number of benzene rings is 2. The molecule has 2 aromatic carbocycles. The van der Waals surface area contributed by atoms with Crippen LogP contribution in [0.5, 0.6) is 11.5 Å². The lowest BCUT2D eigenvalue weighted by molar-refractivity contribution is 0.0955. The number of rotatable bonds is 10. The highest BCUT2D eigenvalue weighted by atomic mass is 16.5. The second-order valence-electron chi connectivity index (χ2n) is 5.87. The number of unbranched alkanes of at least 4 members (excludes halogenated alkanes) is 3. The van der Waals surface area contributed by atoms with Crippen LogP contribution in [0.25, 0.3) is 0 Å². The summed E-state index contributed by atoms with van der Waals surface area (Å²) < 4.78 is 10.9. The van der Waals surface area contributed by atoms with E-state index in [0.29, 0.717) is 17.9 Å². The normalized spacial score (nSPS) is 10.7. The number of hydrogen-bond acceptors (Lipinski definition) is 4. The number of para-hydroxylation sites is 1. The minimum atomic E-state index is -0.276. The van der Waals surface area contributed by atoms with E-state index in [4.69, 9.17) is 9.47 Å². The van der Waals surface area contributed by atoms with E-state index < -0.39 is 0 Å². The van der Waals surface area contributed by atoms with Gasteiger partial charge in [-0.05, 0) is 42.8 Å². The fourth-order valence-corrected chi connectivity index (χ4v) is 2.40. The molecule has 0 unspecified atom stereocenters. The van der Waals surface area contributed by atoms with Crippen molar-refractivity contribution in [2.45, 2.75) is 32.6 Å². The zero-order valence-corrected chi connectivity index (χ0v) is 15.4. The molecule has 5 nitrogen and oxygen atoms in total. The molecule has 0 spiro atoms. The lowest BCUT2D eigenvalue weighted by Crippen LogP contribution is -2.17. The summed E-state index contributed by atoms with van der Waals surface area (Å²) in [7, 11) is 1.59. The number of nitrogens with one attached hydrogen (secondary N) is 1. The summed E-state index contributed by atoms with van der Waals surface area (Å²) in [5.74, 6) is 1.20. The maximum atomic E-state index is 12.1. The van der Waals surface area contributed by atoms with Crippen molar-refractivity contribution in [2.75, 3.05) is 13.7 Å². The average Bonchev–Trinajstić information content (AvgIpc) is 2.69. The number of carbonyl (C=O) groups excluding carboxylic acids is 1. The fourth-order valence-electron chi connectivity index (χ4n) is 2.40. The number of methoxy groups -OCH3 is 1. The van der Waals surface area contributed by atoms with Crippen molar-refractivity contribution in [3.8, 4) is 11.5 Å². The van der Waals surface area contributed by atoms with Crippen LogP contribution in [0, 0.1) is 0 Å². The van der Waals surface area contributed by atoms with E-state index in [2.05, 4.69) is 17.5 Å². The van der Waals surface area contributed by atoms with E-state index >= 15 is 0 Å². The van der Waals surface area contributed by atoms with E-state index in [9.17, 15) is 4.79 Å². The monoisotopic (exact) mass is 354 g/mol. The third kappa shape index (κ3) is 6.24. The van der Waals surface area contributed by atoms with Crippen LogP contribution in [0.3, 0.4) is 0 Å². The zero-order chi connectivity index (χ0) is 18.6. The van der Waals surface area contributed by atoms with Gasteiger partial charge in [0.15, 0.2) is 0 Å². The van der Waals surface area contributed by atoms with Gasteiger partial charge >= 0.3 is 0 Å². The Bertz CT molecular complexity index is 711. The molecule has 1 amide bonds. The molecular formula is C21H26N2O3. The summed E-state index contributed by atoms with van der Waals surface area (Å²) in [6.07, 6.45) is 6.24. The van der Waals surface area contributed by atoms with Gasteiger partial charge in [0.05, 0.1) is 19.9 Å². The summed E-state index contributed by atoms with van der Waals surface area (Å²) in [6.45, 7) is 2.87. The van der Waals surface area contributed by atoms with Crippen LogP contribution in [0.2, 0.25) is 0 Å². The van der Waals surface area contributed by atoms with Crippen molar-refractivity contribution in [1.82, 2.24) is 5.43 Å². The molecule has 0 bridgehead atoms. The molecule has 0 heterocycles. The van der Waals surface area contributed by atoms with Gasteiger partial charge in [-0.3, -0.25) is 4.79 Å². The third-order valence-electron chi connectivity index (χ3n) is 3.90. The predicted octanol–water partition coefficient (Wildman–Crippen LogP) is 4.42. The molecule has 0 fully saturated rings. The summed E-state index contributed by atoms with van der Waals surface area (Å²) >= 11 is 0. The van der Waals surface area contributed by atoms with Gasteiger partial charge in [-0.15, -0.1) is 0 Å². The van der Waals surface area contributed by atoms with Gasteiger partial charge in [0.2, 0.25) is 0 Å². The standard InChI is InChI=1S/C21H26N2O3/c1-3-4-5-8-15-26-20-10-7-6-9-18(20)16-22-23-21(24)17-11-13-19(25-2)14-12-17/h6-7,9-14,16H,3-5,8,15H2,1-2H3,(H,23,24). The molecule has 0 saturated carbocycles. The number of ether oxygens (including phenoxy) is 2. The first-order valence-corrected chi connectivity index (χ1v) is 8.94. The highest BCUT2D eigenvalue weighted by Crippen LogP contribution is 2.16. The minimum absolute atomic E-state index is 0.276. The quantitative estimate of drug-likeness (QED) is 0.390. The molecule has 0 aromatic heterocycles. The van der Waals surface area contributed by atoms with Crippen LogP contribution in [0.1, 0.15) is 48.5 Å². The smallest absolute Gasteiger partial charge is 0.271 e. The first-order chi connectivity index (χ1) is 12.7. The summed E-state index contributed by atoms with van der Waals surface area (Å²) in [5, 5.41) is 4.04. The predicted molar refractivity (Wildman–Crippen MR) is 104 cm³/mol. The maximum Gasteiger partial charge on any atom is 0.271 e. The SMILES string of the molecule is CCCCCCOc1ccccc1C=NNC(=O)c1ccc(OC)cc1. The first-order valence-electron chi connectivity index (χ1n) is 8.94. The van der Waals surface area contributed by atoms with Gasteiger partial charge < -0.3 is 9.47 Å². The largest absolute Gasteiger partial charge is 0.497 e. The van der Waals surface area contributed by atoms with Gasteiger partial charge in [-0.25, -0.2) is 5.43 Å². The summed E-state index contributed by atoms with van der Waals surface area (Å²) in [4.78, 5) is 12.1. The molecule has 0 atom stereocenters.